The van der Waals surface area contributed by atoms with Crippen molar-refractivity contribution in [1.82, 2.24) is 10.6 Å². The summed E-state index contributed by atoms with van der Waals surface area (Å²) in [5.41, 5.74) is 5.42. The van der Waals surface area contributed by atoms with Gasteiger partial charge in [0.1, 0.15) is 0 Å². The first-order valence-electron chi connectivity index (χ1n) is 5.12. The van der Waals surface area contributed by atoms with Crippen LogP contribution in [0.25, 0.3) is 0 Å². The van der Waals surface area contributed by atoms with Crippen LogP contribution in [-0.4, -0.2) is 49.8 Å². The Bertz CT molecular complexity index is 233. The molecule has 5 N–H and O–H groups in total. The van der Waals surface area contributed by atoms with Crippen molar-refractivity contribution >= 4 is 11.7 Å². The molecule has 0 saturated heterocycles. The standard InChI is InChI=1S/C9H20N4O3/c1-3-7(9(10)13-15)12-6-8(14)11-4-5-16-2/h7,12,15H,3-6H2,1-2H3,(H2,10,13)(H,11,14). The lowest BCUT2D eigenvalue weighted by molar-refractivity contribution is -0.120. The van der Waals surface area contributed by atoms with Gasteiger partial charge in [0.2, 0.25) is 5.91 Å². The molecule has 1 atom stereocenters. The maximum Gasteiger partial charge on any atom is 0.234 e. The van der Waals surface area contributed by atoms with Crippen LogP contribution in [0, 0.1) is 0 Å². The van der Waals surface area contributed by atoms with Crippen molar-refractivity contribution in [2.45, 2.75) is 19.4 Å². The van der Waals surface area contributed by atoms with E-state index in [1.165, 1.54) is 0 Å². The number of oxime groups is 1. The Morgan fingerprint density at radius 2 is 2.31 bits per heavy atom. The van der Waals surface area contributed by atoms with E-state index in [4.69, 9.17) is 15.7 Å². The molecule has 1 unspecified atom stereocenters. The molecule has 7 nitrogen and oxygen atoms in total. The highest BCUT2D eigenvalue weighted by Gasteiger charge is 2.12. The SMILES string of the molecule is CCC(NCC(=O)NCCOC)C(N)=NO. The van der Waals surface area contributed by atoms with Crippen LogP contribution in [0.3, 0.4) is 0 Å². The van der Waals surface area contributed by atoms with Gasteiger partial charge < -0.3 is 21.0 Å². The van der Waals surface area contributed by atoms with Crippen molar-refractivity contribution in [3.8, 4) is 0 Å². The maximum absolute atomic E-state index is 11.3. The third-order valence-corrected chi connectivity index (χ3v) is 2.02. The molecule has 0 aliphatic carbocycles. The normalized spacial score (nSPS) is 13.5. The highest BCUT2D eigenvalue weighted by molar-refractivity contribution is 5.86. The third kappa shape index (κ3) is 6.20. The average Bonchev–Trinajstić information content (AvgIpc) is 2.29. The van der Waals surface area contributed by atoms with Crippen molar-refractivity contribution in [2.24, 2.45) is 10.9 Å². The lowest BCUT2D eigenvalue weighted by atomic mass is 10.2. The number of nitrogens with one attached hydrogen (secondary N) is 2. The van der Waals surface area contributed by atoms with Gasteiger partial charge in [0, 0.05) is 13.7 Å². The van der Waals surface area contributed by atoms with E-state index in [0.29, 0.717) is 19.6 Å². The number of nitrogens with zero attached hydrogens (tertiary/aromatic N) is 1. The summed E-state index contributed by atoms with van der Waals surface area (Å²) in [6.07, 6.45) is 0.640. The first-order valence-corrected chi connectivity index (χ1v) is 5.12. The van der Waals surface area contributed by atoms with Crippen LogP contribution in [0.1, 0.15) is 13.3 Å². The van der Waals surface area contributed by atoms with E-state index in [2.05, 4.69) is 15.8 Å². The molecule has 1 amide bonds. The quantitative estimate of drug-likeness (QED) is 0.139. The number of amides is 1. The van der Waals surface area contributed by atoms with Gasteiger partial charge in [0.25, 0.3) is 0 Å². The minimum Gasteiger partial charge on any atom is -0.409 e. The topological polar surface area (TPSA) is 109 Å². The van der Waals surface area contributed by atoms with Crippen LogP contribution in [0.4, 0.5) is 0 Å². The fourth-order valence-electron chi connectivity index (χ4n) is 1.10. The molecule has 0 aromatic carbocycles. The molecule has 0 heterocycles. The van der Waals surface area contributed by atoms with Gasteiger partial charge in [-0.2, -0.15) is 0 Å². The zero-order valence-electron chi connectivity index (χ0n) is 9.69. The summed E-state index contributed by atoms with van der Waals surface area (Å²) in [5, 5.41) is 16.9. The Balaban J connectivity index is 3.80. The van der Waals surface area contributed by atoms with Gasteiger partial charge in [-0.25, -0.2) is 0 Å². The van der Waals surface area contributed by atoms with Crippen LogP contribution in [-0.2, 0) is 9.53 Å². The fraction of sp³-hybridized carbons (Fsp3) is 0.778. The van der Waals surface area contributed by atoms with Crippen LogP contribution in [0.5, 0.6) is 0 Å². The molecule has 0 spiro atoms. The van der Waals surface area contributed by atoms with Crippen molar-refractivity contribution in [3.63, 3.8) is 0 Å². The Labute approximate surface area is 95.0 Å². The molecule has 0 bridgehead atoms. The van der Waals surface area contributed by atoms with Crippen LogP contribution in [0.15, 0.2) is 5.16 Å². The molecule has 7 heteroatoms. The molecule has 0 aliphatic heterocycles. The summed E-state index contributed by atoms with van der Waals surface area (Å²) in [4.78, 5) is 11.3. The Morgan fingerprint density at radius 3 is 2.81 bits per heavy atom. The number of carbonyl (C=O) groups excluding carboxylic acids is 1. The van der Waals surface area contributed by atoms with Gasteiger partial charge in [0.05, 0.1) is 19.2 Å². The zero-order chi connectivity index (χ0) is 12.4. The summed E-state index contributed by atoms with van der Waals surface area (Å²) in [7, 11) is 1.57. The molecule has 16 heavy (non-hydrogen) atoms. The Morgan fingerprint density at radius 1 is 1.62 bits per heavy atom. The summed E-state index contributed by atoms with van der Waals surface area (Å²) < 4.78 is 4.79. The van der Waals surface area contributed by atoms with E-state index in [0.717, 1.165) is 0 Å². The number of amidine groups is 1. The van der Waals surface area contributed by atoms with E-state index in [9.17, 15) is 4.79 Å². The molecule has 0 radical (unpaired) electrons. The van der Waals surface area contributed by atoms with Gasteiger partial charge in [-0.05, 0) is 6.42 Å². The van der Waals surface area contributed by atoms with E-state index < -0.39 is 0 Å². The van der Waals surface area contributed by atoms with E-state index in [1.807, 2.05) is 6.92 Å². The van der Waals surface area contributed by atoms with E-state index >= 15 is 0 Å². The summed E-state index contributed by atoms with van der Waals surface area (Å²) in [6, 6.07) is -0.293. The Hall–Kier alpha value is -1.34. The van der Waals surface area contributed by atoms with Crippen LogP contribution in [0.2, 0.25) is 0 Å². The largest absolute Gasteiger partial charge is 0.409 e. The number of methoxy groups -OCH3 is 1. The molecule has 0 aromatic heterocycles. The van der Waals surface area contributed by atoms with Crippen molar-refractivity contribution in [1.29, 1.82) is 0 Å². The summed E-state index contributed by atoms with van der Waals surface area (Å²) in [5.74, 6) is -0.0755. The van der Waals surface area contributed by atoms with Gasteiger partial charge in [0.15, 0.2) is 5.84 Å². The molecule has 0 fully saturated rings. The predicted molar refractivity (Wildman–Crippen MR) is 60.4 cm³/mol. The second-order valence-electron chi connectivity index (χ2n) is 3.21. The highest BCUT2D eigenvalue weighted by atomic mass is 16.5. The maximum atomic E-state index is 11.3. The van der Waals surface area contributed by atoms with Gasteiger partial charge in [-0.1, -0.05) is 12.1 Å². The third-order valence-electron chi connectivity index (χ3n) is 2.02. The second-order valence-corrected chi connectivity index (χ2v) is 3.21. The number of hydrogen-bond acceptors (Lipinski definition) is 5. The van der Waals surface area contributed by atoms with Crippen molar-refractivity contribution in [3.05, 3.63) is 0 Å². The van der Waals surface area contributed by atoms with Crippen molar-refractivity contribution in [2.75, 3.05) is 26.8 Å². The average molecular weight is 232 g/mol. The lowest BCUT2D eigenvalue weighted by Crippen LogP contribution is -2.46. The van der Waals surface area contributed by atoms with E-state index in [1.54, 1.807) is 7.11 Å². The first kappa shape index (κ1) is 14.7. The summed E-state index contributed by atoms with van der Waals surface area (Å²) in [6.45, 7) is 2.94. The van der Waals surface area contributed by atoms with Crippen LogP contribution < -0.4 is 16.4 Å². The summed E-state index contributed by atoms with van der Waals surface area (Å²) >= 11 is 0. The minimum absolute atomic E-state index is 0.0761. The molecular formula is C9H20N4O3. The highest BCUT2D eigenvalue weighted by Crippen LogP contribution is 1.89. The molecular weight excluding hydrogens is 212 g/mol. The number of nitrogens with two attached hydrogens (primary N) is 1. The second kappa shape index (κ2) is 8.93. The molecule has 0 aliphatic rings. The predicted octanol–water partition coefficient (Wildman–Crippen LogP) is -1.14. The van der Waals surface area contributed by atoms with Crippen LogP contribution >= 0.6 is 0 Å². The molecule has 0 saturated carbocycles. The fourth-order valence-corrected chi connectivity index (χ4v) is 1.10. The smallest absolute Gasteiger partial charge is 0.234 e. The monoisotopic (exact) mass is 232 g/mol. The minimum atomic E-state index is -0.293. The zero-order valence-corrected chi connectivity index (χ0v) is 9.69. The number of ether oxygens (including phenoxy) is 1. The number of rotatable bonds is 8. The molecule has 0 aromatic rings. The van der Waals surface area contributed by atoms with Gasteiger partial charge in [-0.15, -0.1) is 0 Å². The Kier molecular flexibility index (Phi) is 8.18. The van der Waals surface area contributed by atoms with Crippen molar-refractivity contribution < 1.29 is 14.7 Å². The number of hydrogen-bond donors (Lipinski definition) is 4. The number of carbonyl (C=O) groups is 1. The lowest BCUT2D eigenvalue weighted by Gasteiger charge is -2.14. The van der Waals surface area contributed by atoms with E-state index in [-0.39, 0.29) is 24.3 Å². The molecule has 0 rings (SSSR count). The van der Waals surface area contributed by atoms with Gasteiger partial charge >= 0.3 is 0 Å². The molecule has 94 valence electrons. The first-order chi connectivity index (χ1) is 7.65. The van der Waals surface area contributed by atoms with Gasteiger partial charge in [-0.3, -0.25) is 10.1 Å².